The molecule has 0 saturated heterocycles. The van der Waals surface area contributed by atoms with Crippen molar-refractivity contribution in [1.82, 2.24) is 29.7 Å². The third kappa shape index (κ3) is 2.39. The highest BCUT2D eigenvalue weighted by Crippen LogP contribution is 2.28. The molecule has 2 N–H and O–H groups in total. The number of aryl methyl sites for hydroxylation is 2. The molecule has 24 heavy (non-hydrogen) atoms. The Bertz CT molecular complexity index is 935. The van der Waals surface area contributed by atoms with E-state index in [4.69, 9.17) is 5.73 Å². The highest BCUT2D eigenvalue weighted by Gasteiger charge is 2.22. The van der Waals surface area contributed by atoms with Gasteiger partial charge in [-0.05, 0) is 15.9 Å². The molecule has 1 aliphatic rings. The maximum atomic E-state index is 6.13. The summed E-state index contributed by atoms with van der Waals surface area (Å²) in [5, 5.41) is 4.30. The summed E-state index contributed by atoms with van der Waals surface area (Å²) in [5.41, 5.74) is 9.82. The summed E-state index contributed by atoms with van der Waals surface area (Å²) in [6.07, 6.45) is 3.61. The zero-order chi connectivity index (χ0) is 16.8. The van der Waals surface area contributed by atoms with Gasteiger partial charge in [-0.3, -0.25) is 4.68 Å². The first-order valence-electron chi connectivity index (χ1n) is 7.81. The standard InChI is InChI=1S/C15H17BrN8/c1-3-10-18-6-8-7-24(5-4-9(8)19-10)15-20-11-12(14(17)21-15)23(2)22-13(11)16/h6H,3-5,7H2,1-2H3,(H2,17,20,21). The third-order valence-corrected chi connectivity index (χ3v) is 4.77. The molecule has 0 amide bonds. The molecule has 3 aromatic rings. The van der Waals surface area contributed by atoms with E-state index in [0.29, 0.717) is 22.9 Å². The number of halogens is 1. The van der Waals surface area contributed by atoms with Gasteiger partial charge < -0.3 is 10.6 Å². The highest BCUT2D eigenvalue weighted by atomic mass is 79.9. The summed E-state index contributed by atoms with van der Waals surface area (Å²) in [7, 11) is 1.83. The van der Waals surface area contributed by atoms with Crippen LogP contribution in [0.4, 0.5) is 11.8 Å². The zero-order valence-corrected chi connectivity index (χ0v) is 15.1. The van der Waals surface area contributed by atoms with Gasteiger partial charge in [-0.2, -0.15) is 10.1 Å². The molecule has 0 aliphatic carbocycles. The van der Waals surface area contributed by atoms with Gasteiger partial charge in [-0.1, -0.05) is 6.92 Å². The van der Waals surface area contributed by atoms with E-state index in [-0.39, 0.29) is 0 Å². The number of hydrogen-bond acceptors (Lipinski definition) is 7. The molecule has 0 aromatic carbocycles. The van der Waals surface area contributed by atoms with Crippen LogP contribution in [-0.4, -0.2) is 36.3 Å². The van der Waals surface area contributed by atoms with Gasteiger partial charge in [0.1, 0.15) is 16.9 Å². The summed E-state index contributed by atoms with van der Waals surface area (Å²) in [5.74, 6) is 1.93. The topological polar surface area (TPSA) is 98.6 Å². The molecule has 124 valence electrons. The molecule has 3 aromatic heterocycles. The smallest absolute Gasteiger partial charge is 0.228 e. The normalized spacial score (nSPS) is 14.2. The minimum Gasteiger partial charge on any atom is -0.382 e. The molecular formula is C15H17BrN8. The van der Waals surface area contributed by atoms with E-state index >= 15 is 0 Å². The first kappa shape index (κ1) is 15.3. The molecule has 0 saturated carbocycles. The Kier molecular flexibility index (Phi) is 3.60. The van der Waals surface area contributed by atoms with E-state index in [1.165, 1.54) is 0 Å². The zero-order valence-electron chi connectivity index (χ0n) is 13.5. The van der Waals surface area contributed by atoms with Gasteiger partial charge >= 0.3 is 0 Å². The van der Waals surface area contributed by atoms with Crippen LogP contribution >= 0.6 is 15.9 Å². The Morgan fingerprint density at radius 1 is 1.29 bits per heavy atom. The van der Waals surface area contributed by atoms with E-state index in [1.807, 2.05) is 13.2 Å². The van der Waals surface area contributed by atoms with E-state index < -0.39 is 0 Å². The van der Waals surface area contributed by atoms with Gasteiger partial charge in [0.15, 0.2) is 10.4 Å². The van der Waals surface area contributed by atoms with Crippen LogP contribution in [0, 0.1) is 0 Å². The SMILES string of the molecule is CCc1ncc2c(n1)CCN(c1nc(N)c3c(n1)c(Br)nn3C)C2. The second-order valence-corrected chi connectivity index (χ2v) is 6.55. The van der Waals surface area contributed by atoms with E-state index in [9.17, 15) is 0 Å². The summed E-state index contributed by atoms with van der Waals surface area (Å²) >= 11 is 3.44. The second-order valence-electron chi connectivity index (χ2n) is 5.80. The minimum absolute atomic E-state index is 0.430. The number of nitrogens with zero attached hydrogens (tertiary/aromatic N) is 7. The van der Waals surface area contributed by atoms with Crippen molar-refractivity contribution in [2.24, 2.45) is 7.05 Å². The Hall–Kier alpha value is -2.29. The fourth-order valence-electron chi connectivity index (χ4n) is 2.99. The summed E-state index contributed by atoms with van der Waals surface area (Å²) in [6.45, 7) is 3.55. The number of hydrogen-bond donors (Lipinski definition) is 1. The summed E-state index contributed by atoms with van der Waals surface area (Å²) < 4.78 is 2.35. The van der Waals surface area contributed by atoms with Crippen LogP contribution in [0.5, 0.6) is 0 Å². The molecule has 0 atom stereocenters. The van der Waals surface area contributed by atoms with Crippen LogP contribution in [-0.2, 0) is 26.4 Å². The number of rotatable bonds is 2. The van der Waals surface area contributed by atoms with E-state index in [1.54, 1.807) is 4.68 Å². The molecule has 9 heteroatoms. The average molecular weight is 389 g/mol. The summed E-state index contributed by atoms with van der Waals surface area (Å²) in [4.78, 5) is 20.3. The molecule has 4 heterocycles. The largest absolute Gasteiger partial charge is 0.382 e. The lowest BCUT2D eigenvalue weighted by Gasteiger charge is -2.28. The number of aromatic nitrogens is 6. The monoisotopic (exact) mass is 388 g/mol. The number of nitrogen functional groups attached to an aromatic ring is 1. The van der Waals surface area contributed by atoms with E-state index in [2.05, 4.69) is 52.8 Å². The Morgan fingerprint density at radius 3 is 2.92 bits per heavy atom. The van der Waals surface area contributed by atoms with Crippen LogP contribution < -0.4 is 10.6 Å². The van der Waals surface area contributed by atoms with Crippen LogP contribution in [0.3, 0.4) is 0 Å². The lowest BCUT2D eigenvalue weighted by molar-refractivity contribution is 0.679. The predicted molar refractivity (Wildman–Crippen MR) is 94.6 cm³/mol. The van der Waals surface area contributed by atoms with Gasteiger partial charge in [0.05, 0.1) is 5.69 Å². The average Bonchev–Trinajstić information content (AvgIpc) is 2.88. The van der Waals surface area contributed by atoms with Crippen molar-refractivity contribution in [3.8, 4) is 0 Å². The fraction of sp³-hybridized carbons (Fsp3) is 0.400. The fourth-order valence-corrected chi connectivity index (χ4v) is 3.51. The molecule has 0 bridgehead atoms. The Balaban J connectivity index is 1.72. The van der Waals surface area contributed by atoms with Crippen molar-refractivity contribution in [2.45, 2.75) is 26.3 Å². The molecule has 8 nitrogen and oxygen atoms in total. The van der Waals surface area contributed by atoms with Crippen LogP contribution in [0.1, 0.15) is 24.0 Å². The first-order chi connectivity index (χ1) is 11.6. The van der Waals surface area contributed by atoms with E-state index in [0.717, 1.165) is 47.5 Å². The van der Waals surface area contributed by atoms with Crippen LogP contribution in [0.25, 0.3) is 11.0 Å². The minimum atomic E-state index is 0.430. The highest BCUT2D eigenvalue weighted by molar-refractivity contribution is 9.10. The van der Waals surface area contributed by atoms with Gasteiger partial charge in [0.25, 0.3) is 0 Å². The molecule has 0 unspecified atom stereocenters. The van der Waals surface area contributed by atoms with Crippen LogP contribution in [0.15, 0.2) is 10.8 Å². The summed E-state index contributed by atoms with van der Waals surface area (Å²) in [6, 6.07) is 0. The Labute approximate surface area is 147 Å². The maximum absolute atomic E-state index is 6.13. The molecule has 4 rings (SSSR count). The predicted octanol–water partition coefficient (Wildman–Crippen LogP) is 1.62. The lowest BCUT2D eigenvalue weighted by atomic mass is 10.1. The third-order valence-electron chi connectivity index (χ3n) is 4.24. The first-order valence-corrected chi connectivity index (χ1v) is 8.60. The van der Waals surface area contributed by atoms with Crippen molar-refractivity contribution in [1.29, 1.82) is 0 Å². The van der Waals surface area contributed by atoms with Crippen LogP contribution in [0.2, 0.25) is 0 Å². The molecule has 1 aliphatic heterocycles. The van der Waals surface area contributed by atoms with Crippen molar-refractivity contribution in [3.05, 3.63) is 27.9 Å². The Morgan fingerprint density at radius 2 is 2.12 bits per heavy atom. The molecule has 0 spiro atoms. The quantitative estimate of drug-likeness (QED) is 0.711. The van der Waals surface area contributed by atoms with Gasteiger partial charge in [-0.15, -0.1) is 0 Å². The molecular weight excluding hydrogens is 372 g/mol. The number of anilines is 2. The van der Waals surface area contributed by atoms with Gasteiger partial charge in [0.2, 0.25) is 5.95 Å². The lowest BCUT2D eigenvalue weighted by Crippen LogP contribution is -2.33. The van der Waals surface area contributed by atoms with Crippen molar-refractivity contribution >= 4 is 38.7 Å². The number of fused-ring (bicyclic) bond motifs is 2. The van der Waals surface area contributed by atoms with Crippen molar-refractivity contribution < 1.29 is 0 Å². The second kappa shape index (κ2) is 5.66. The number of nitrogens with two attached hydrogens (primary N) is 1. The van der Waals surface area contributed by atoms with Crippen molar-refractivity contribution in [2.75, 3.05) is 17.2 Å². The van der Waals surface area contributed by atoms with Gasteiger partial charge in [0, 0.05) is 44.7 Å². The molecule has 0 fully saturated rings. The molecule has 0 radical (unpaired) electrons. The van der Waals surface area contributed by atoms with Crippen molar-refractivity contribution in [3.63, 3.8) is 0 Å². The maximum Gasteiger partial charge on any atom is 0.228 e. The van der Waals surface area contributed by atoms with Gasteiger partial charge in [-0.25, -0.2) is 15.0 Å².